The normalized spacial score (nSPS) is 32.9. The summed E-state index contributed by atoms with van der Waals surface area (Å²) in [5.74, 6) is -0.556. The van der Waals surface area contributed by atoms with E-state index in [0.29, 0.717) is 10.4 Å². The molecule has 0 radical (unpaired) electrons. The zero-order valence-corrected chi connectivity index (χ0v) is 9.63. The van der Waals surface area contributed by atoms with Gasteiger partial charge in [0.1, 0.15) is 24.4 Å². The number of rotatable bonds is 3. The van der Waals surface area contributed by atoms with Gasteiger partial charge >= 0.3 is 0 Å². The molecule has 1 aromatic rings. The van der Waals surface area contributed by atoms with Crippen LogP contribution in [-0.2, 0) is 4.74 Å². The first kappa shape index (κ1) is 12.5. The van der Waals surface area contributed by atoms with Gasteiger partial charge in [-0.1, -0.05) is 0 Å². The molecule has 7 heteroatoms. The fourth-order valence-corrected chi connectivity index (χ4v) is 2.74. The van der Waals surface area contributed by atoms with E-state index in [1.807, 2.05) is 0 Å². The van der Waals surface area contributed by atoms with Crippen LogP contribution in [0.4, 0.5) is 0 Å². The molecule has 1 aliphatic rings. The highest BCUT2D eigenvalue weighted by Crippen LogP contribution is 2.36. The molecule has 2 heterocycles. The number of aliphatic hydroxyl groups excluding tert-OH is 3. The van der Waals surface area contributed by atoms with Crippen molar-refractivity contribution in [2.75, 3.05) is 6.61 Å². The van der Waals surface area contributed by atoms with Crippen molar-refractivity contribution in [3.8, 4) is 0 Å². The number of thiophene rings is 1. The number of hydrogen-bond acceptors (Lipinski definition) is 6. The SMILES string of the molecule is NC(=O)c1csc([C@H]2O[C@H](CO)[C@@H](O)[C@H]2O)c1. The number of amides is 1. The Kier molecular flexibility index (Phi) is 3.45. The Morgan fingerprint density at radius 3 is 2.65 bits per heavy atom. The van der Waals surface area contributed by atoms with Crippen molar-refractivity contribution in [1.29, 1.82) is 0 Å². The van der Waals surface area contributed by atoms with Crippen LogP contribution in [0.5, 0.6) is 0 Å². The first-order valence-corrected chi connectivity index (χ1v) is 5.93. The summed E-state index contributed by atoms with van der Waals surface area (Å²) in [5.41, 5.74) is 5.45. The summed E-state index contributed by atoms with van der Waals surface area (Å²) in [7, 11) is 0. The zero-order valence-electron chi connectivity index (χ0n) is 8.81. The maximum absolute atomic E-state index is 10.9. The second-order valence-corrected chi connectivity index (χ2v) is 4.80. The standard InChI is InChI=1S/C10H13NO5S/c11-10(15)4-1-6(17-3-4)9-8(14)7(13)5(2-12)16-9/h1,3,5,7-9,12-14H,2H2,(H2,11,15)/t5-,7-,8-,9-/m1/s1. The van der Waals surface area contributed by atoms with E-state index >= 15 is 0 Å². The second-order valence-electron chi connectivity index (χ2n) is 3.86. The van der Waals surface area contributed by atoms with E-state index in [2.05, 4.69) is 0 Å². The lowest BCUT2D eigenvalue weighted by atomic mass is 10.1. The molecule has 0 aromatic carbocycles. The Hall–Kier alpha value is -0.990. The molecule has 1 aromatic heterocycles. The lowest BCUT2D eigenvalue weighted by Crippen LogP contribution is -2.32. The first-order valence-electron chi connectivity index (χ1n) is 5.05. The summed E-state index contributed by atoms with van der Waals surface area (Å²) in [4.78, 5) is 11.5. The van der Waals surface area contributed by atoms with E-state index in [1.165, 1.54) is 17.4 Å². The number of aliphatic hydroxyl groups is 3. The number of hydrogen-bond donors (Lipinski definition) is 4. The summed E-state index contributed by atoms with van der Waals surface area (Å²) in [6, 6.07) is 1.52. The average molecular weight is 259 g/mol. The van der Waals surface area contributed by atoms with E-state index in [-0.39, 0.29) is 6.61 Å². The van der Waals surface area contributed by atoms with Crippen LogP contribution in [0.25, 0.3) is 0 Å². The Balaban J connectivity index is 2.19. The summed E-state index contributed by atoms with van der Waals surface area (Å²) in [6.45, 7) is -0.372. The molecule has 0 unspecified atom stereocenters. The fourth-order valence-electron chi connectivity index (χ4n) is 1.77. The van der Waals surface area contributed by atoms with Gasteiger partial charge < -0.3 is 25.8 Å². The topological polar surface area (TPSA) is 113 Å². The van der Waals surface area contributed by atoms with Crippen LogP contribution in [0.1, 0.15) is 21.3 Å². The Morgan fingerprint density at radius 1 is 1.47 bits per heavy atom. The molecular weight excluding hydrogens is 246 g/mol. The smallest absolute Gasteiger partial charge is 0.249 e. The van der Waals surface area contributed by atoms with Crippen LogP contribution in [-0.4, -0.2) is 46.1 Å². The molecular formula is C10H13NO5S. The van der Waals surface area contributed by atoms with Gasteiger partial charge in [0.05, 0.1) is 12.2 Å². The minimum atomic E-state index is -1.14. The molecule has 94 valence electrons. The second kappa shape index (κ2) is 4.71. The molecule has 1 fully saturated rings. The maximum atomic E-state index is 10.9. The third kappa shape index (κ3) is 2.20. The van der Waals surface area contributed by atoms with E-state index in [4.69, 9.17) is 15.6 Å². The summed E-state index contributed by atoms with van der Waals surface area (Å²) < 4.78 is 5.32. The monoisotopic (exact) mass is 259 g/mol. The number of carbonyl (C=O) groups is 1. The van der Waals surface area contributed by atoms with Crippen molar-refractivity contribution in [1.82, 2.24) is 0 Å². The number of carbonyl (C=O) groups excluding carboxylic acids is 1. The van der Waals surface area contributed by atoms with Crippen molar-refractivity contribution >= 4 is 17.2 Å². The lowest BCUT2D eigenvalue weighted by Gasteiger charge is -2.12. The molecule has 0 spiro atoms. The van der Waals surface area contributed by atoms with Gasteiger partial charge in [-0.3, -0.25) is 4.79 Å². The number of ether oxygens (including phenoxy) is 1. The number of nitrogens with two attached hydrogens (primary N) is 1. The van der Waals surface area contributed by atoms with Crippen LogP contribution in [0.15, 0.2) is 11.4 Å². The quantitative estimate of drug-likeness (QED) is 0.556. The largest absolute Gasteiger partial charge is 0.394 e. The van der Waals surface area contributed by atoms with Crippen LogP contribution in [0.3, 0.4) is 0 Å². The third-order valence-corrected chi connectivity index (χ3v) is 3.72. The van der Waals surface area contributed by atoms with Gasteiger partial charge in [0.25, 0.3) is 0 Å². The van der Waals surface area contributed by atoms with Crippen LogP contribution in [0.2, 0.25) is 0 Å². The van der Waals surface area contributed by atoms with Crippen molar-refractivity contribution in [3.05, 3.63) is 21.9 Å². The molecule has 1 aliphatic heterocycles. The molecule has 4 atom stereocenters. The van der Waals surface area contributed by atoms with Gasteiger partial charge in [0.2, 0.25) is 5.91 Å². The molecule has 17 heavy (non-hydrogen) atoms. The van der Waals surface area contributed by atoms with Gasteiger partial charge in [-0.2, -0.15) is 0 Å². The molecule has 1 saturated heterocycles. The van der Waals surface area contributed by atoms with Gasteiger partial charge in [0.15, 0.2) is 0 Å². The zero-order chi connectivity index (χ0) is 12.6. The summed E-state index contributed by atoms with van der Waals surface area (Å²) in [5, 5.41) is 29.9. The highest BCUT2D eigenvalue weighted by Gasteiger charge is 2.43. The van der Waals surface area contributed by atoms with Crippen molar-refractivity contribution in [2.24, 2.45) is 5.73 Å². The average Bonchev–Trinajstić information content (AvgIpc) is 2.87. The molecule has 0 aliphatic carbocycles. The molecule has 0 bridgehead atoms. The van der Waals surface area contributed by atoms with Crippen LogP contribution < -0.4 is 5.73 Å². The lowest BCUT2D eigenvalue weighted by molar-refractivity contribution is -0.0217. The Labute approximate surface area is 101 Å². The predicted octanol–water partition coefficient (Wildman–Crippen LogP) is -0.999. The molecule has 2 rings (SSSR count). The van der Waals surface area contributed by atoms with Crippen LogP contribution >= 0.6 is 11.3 Å². The van der Waals surface area contributed by atoms with Crippen molar-refractivity contribution in [2.45, 2.75) is 24.4 Å². The van der Waals surface area contributed by atoms with Crippen molar-refractivity contribution in [3.63, 3.8) is 0 Å². The maximum Gasteiger partial charge on any atom is 0.249 e. The van der Waals surface area contributed by atoms with E-state index in [0.717, 1.165) is 0 Å². The van der Waals surface area contributed by atoms with Gasteiger partial charge in [-0.05, 0) is 6.07 Å². The Bertz CT molecular complexity index is 421. The third-order valence-electron chi connectivity index (χ3n) is 2.73. The minimum Gasteiger partial charge on any atom is -0.394 e. The summed E-state index contributed by atoms with van der Waals surface area (Å²) >= 11 is 1.21. The highest BCUT2D eigenvalue weighted by atomic mass is 32.1. The van der Waals surface area contributed by atoms with Gasteiger partial charge in [0, 0.05) is 10.3 Å². The van der Waals surface area contributed by atoms with E-state index in [9.17, 15) is 15.0 Å². The first-order chi connectivity index (χ1) is 8.04. The molecule has 6 nitrogen and oxygen atoms in total. The Morgan fingerprint density at radius 2 is 2.18 bits per heavy atom. The summed E-state index contributed by atoms with van der Waals surface area (Å²) in [6.07, 6.45) is -3.80. The fraction of sp³-hybridized carbons (Fsp3) is 0.500. The minimum absolute atomic E-state index is 0.336. The molecule has 1 amide bonds. The van der Waals surface area contributed by atoms with Gasteiger partial charge in [-0.15, -0.1) is 11.3 Å². The van der Waals surface area contributed by atoms with E-state index in [1.54, 1.807) is 5.38 Å². The highest BCUT2D eigenvalue weighted by molar-refractivity contribution is 7.10. The number of primary amides is 1. The van der Waals surface area contributed by atoms with Crippen LogP contribution in [0, 0.1) is 0 Å². The predicted molar refractivity (Wildman–Crippen MR) is 59.6 cm³/mol. The van der Waals surface area contributed by atoms with E-state index < -0.39 is 30.3 Å². The molecule has 5 N–H and O–H groups in total. The molecule has 0 saturated carbocycles. The van der Waals surface area contributed by atoms with Gasteiger partial charge in [-0.25, -0.2) is 0 Å². The van der Waals surface area contributed by atoms with Crippen molar-refractivity contribution < 1.29 is 24.9 Å².